The summed E-state index contributed by atoms with van der Waals surface area (Å²) >= 11 is 1.45. The van der Waals surface area contributed by atoms with Gasteiger partial charge in [0, 0.05) is 23.8 Å². The molecule has 2 aromatic carbocycles. The number of amides is 2. The van der Waals surface area contributed by atoms with Gasteiger partial charge in [0.1, 0.15) is 0 Å². The maximum Gasteiger partial charge on any atom is 0.268 e. The van der Waals surface area contributed by atoms with Crippen molar-refractivity contribution < 1.29 is 9.59 Å². The normalized spacial score (nSPS) is 18.2. The number of carbonyl (C=O) groups is 2. The van der Waals surface area contributed by atoms with E-state index < -0.39 is 0 Å². The molecule has 0 N–H and O–H groups in total. The summed E-state index contributed by atoms with van der Waals surface area (Å²) in [7, 11) is 0. The highest BCUT2D eigenvalue weighted by atomic mass is 32.1. The van der Waals surface area contributed by atoms with Gasteiger partial charge in [0.25, 0.3) is 5.91 Å². The van der Waals surface area contributed by atoms with Crippen molar-refractivity contribution in [2.45, 2.75) is 38.8 Å². The highest BCUT2D eigenvalue weighted by Crippen LogP contribution is 2.43. The van der Waals surface area contributed by atoms with Gasteiger partial charge < -0.3 is 9.80 Å². The van der Waals surface area contributed by atoms with E-state index >= 15 is 0 Å². The quantitative estimate of drug-likeness (QED) is 0.562. The number of rotatable bonds is 4. The van der Waals surface area contributed by atoms with Gasteiger partial charge in [0.05, 0.1) is 10.9 Å². The van der Waals surface area contributed by atoms with Gasteiger partial charge in [0.15, 0.2) is 0 Å². The molecule has 4 rings (SSSR count). The fourth-order valence-electron chi connectivity index (χ4n) is 4.12. The van der Waals surface area contributed by atoms with E-state index in [2.05, 4.69) is 6.92 Å². The molecular weight excluding hydrogens is 380 g/mol. The van der Waals surface area contributed by atoms with E-state index in [-0.39, 0.29) is 23.9 Å². The Morgan fingerprint density at radius 1 is 1.03 bits per heavy atom. The Morgan fingerprint density at radius 3 is 2.45 bits per heavy atom. The lowest BCUT2D eigenvalue weighted by Gasteiger charge is -2.43. The van der Waals surface area contributed by atoms with Crippen molar-refractivity contribution in [3.05, 3.63) is 82.6 Å². The summed E-state index contributed by atoms with van der Waals surface area (Å²) in [5.41, 5.74) is 2.79. The molecule has 0 unspecified atom stereocenters. The predicted octanol–water partition coefficient (Wildman–Crippen LogP) is 5.67. The molecule has 2 amide bonds. The van der Waals surface area contributed by atoms with Gasteiger partial charge in [-0.1, -0.05) is 49.4 Å². The largest absolute Gasteiger partial charge is 0.309 e. The Hall–Kier alpha value is -2.92. The van der Waals surface area contributed by atoms with Crippen molar-refractivity contribution in [3.8, 4) is 0 Å². The number of carbonyl (C=O) groups excluding carboxylic acids is 2. The Balaban J connectivity index is 1.84. The van der Waals surface area contributed by atoms with Crippen molar-refractivity contribution in [1.82, 2.24) is 0 Å². The second kappa shape index (κ2) is 8.21. The van der Waals surface area contributed by atoms with Crippen LogP contribution in [-0.4, -0.2) is 17.9 Å². The summed E-state index contributed by atoms with van der Waals surface area (Å²) in [6.07, 6.45) is 1.15. The number of hydrogen-bond acceptors (Lipinski definition) is 3. The molecule has 2 atom stereocenters. The van der Waals surface area contributed by atoms with E-state index in [9.17, 15) is 9.59 Å². The first-order valence-corrected chi connectivity index (χ1v) is 10.8. The molecule has 1 aliphatic heterocycles. The molecule has 0 spiro atoms. The molecule has 148 valence electrons. The molecule has 0 saturated heterocycles. The van der Waals surface area contributed by atoms with E-state index in [1.54, 1.807) is 0 Å². The Labute approximate surface area is 175 Å². The van der Waals surface area contributed by atoms with Crippen molar-refractivity contribution in [3.63, 3.8) is 0 Å². The number of hydrogen-bond donors (Lipinski definition) is 0. The Morgan fingerprint density at radius 2 is 1.76 bits per heavy atom. The van der Waals surface area contributed by atoms with Gasteiger partial charge in [-0.05, 0) is 48.6 Å². The van der Waals surface area contributed by atoms with Crippen LogP contribution in [0.2, 0.25) is 0 Å². The van der Waals surface area contributed by atoms with Crippen LogP contribution >= 0.6 is 11.3 Å². The molecule has 5 heteroatoms. The summed E-state index contributed by atoms with van der Waals surface area (Å²) in [6, 6.07) is 21.4. The predicted molar refractivity (Wildman–Crippen MR) is 119 cm³/mol. The van der Waals surface area contributed by atoms with Crippen LogP contribution in [0.1, 0.15) is 48.0 Å². The molecular formula is C24H24N2O2S. The lowest BCUT2D eigenvalue weighted by molar-refractivity contribution is -0.118. The molecule has 1 aliphatic rings. The number of thiophene rings is 1. The number of nitrogens with zero attached hydrogens (tertiary/aromatic N) is 2. The molecule has 4 nitrogen and oxygen atoms in total. The Bertz CT molecular complexity index is 1000. The molecule has 0 bridgehead atoms. The number of para-hydroxylation sites is 2. The van der Waals surface area contributed by atoms with Gasteiger partial charge in [-0.15, -0.1) is 11.3 Å². The highest BCUT2D eigenvalue weighted by Gasteiger charge is 2.38. The number of fused-ring (bicyclic) bond motifs is 1. The minimum Gasteiger partial charge on any atom is -0.309 e. The average molecular weight is 405 g/mol. The molecule has 2 heterocycles. The third kappa shape index (κ3) is 3.58. The van der Waals surface area contributed by atoms with Crippen molar-refractivity contribution >= 4 is 34.5 Å². The van der Waals surface area contributed by atoms with Gasteiger partial charge in [-0.2, -0.15) is 0 Å². The maximum atomic E-state index is 13.5. The van der Waals surface area contributed by atoms with Crippen molar-refractivity contribution in [2.75, 3.05) is 9.80 Å². The lowest BCUT2D eigenvalue weighted by Crippen LogP contribution is -2.47. The smallest absolute Gasteiger partial charge is 0.268 e. The van der Waals surface area contributed by atoms with Crippen molar-refractivity contribution in [2.24, 2.45) is 0 Å². The van der Waals surface area contributed by atoms with Crippen LogP contribution in [-0.2, 0) is 4.79 Å². The summed E-state index contributed by atoms with van der Waals surface area (Å²) in [5.74, 6) is 0.104. The maximum absolute atomic E-state index is 13.5. The molecule has 0 saturated carbocycles. The first kappa shape index (κ1) is 19.4. The molecule has 0 fully saturated rings. The minimum atomic E-state index is -0.140. The third-order valence-corrected chi connectivity index (χ3v) is 6.29. The highest BCUT2D eigenvalue weighted by molar-refractivity contribution is 7.12. The van der Waals surface area contributed by atoms with E-state index in [1.807, 2.05) is 88.8 Å². The van der Waals surface area contributed by atoms with Crippen LogP contribution in [0.15, 0.2) is 72.1 Å². The van der Waals surface area contributed by atoms with Crippen LogP contribution in [0.3, 0.4) is 0 Å². The van der Waals surface area contributed by atoms with Crippen LogP contribution in [0.4, 0.5) is 11.4 Å². The third-order valence-electron chi connectivity index (χ3n) is 5.43. The zero-order valence-electron chi connectivity index (χ0n) is 16.6. The second-order valence-corrected chi connectivity index (χ2v) is 8.21. The van der Waals surface area contributed by atoms with Gasteiger partial charge in [-0.3, -0.25) is 9.59 Å². The van der Waals surface area contributed by atoms with Crippen molar-refractivity contribution in [1.29, 1.82) is 0 Å². The van der Waals surface area contributed by atoms with E-state index in [1.165, 1.54) is 11.3 Å². The zero-order chi connectivity index (χ0) is 20.4. The fourth-order valence-corrected chi connectivity index (χ4v) is 4.78. The zero-order valence-corrected chi connectivity index (χ0v) is 17.4. The molecule has 1 aromatic heterocycles. The minimum absolute atomic E-state index is 0.00435. The fraction of sp³-hybridized carbons (Fsp3) is 0.250. The second-order valence-electron chi connectivity index (χ2n) is 7.26. The van der Waals surface area contributed by atoms with E-state index in [0.717, 1.165) is 16.9 Å². The topological polar surface area (TPSA) is 40.6 Å². The van der Waals surface area contributed by atoms with Gasteiger partial charge in [-0.25, -0.2) is 0 Å². The number of anilines is 2. The first-order chi connectivity index (χ1) is 14.1. The summed E-state index contributed by atoms with van der Waals surface area (Å²) in [6.45, 7) is 3.95. The number of benzene rings is 2. The van der Waals surface area contributed by atoms with Gasteiger partial charge in [0.2, 0.25) is 5.91 Å². The summed E-state index contributed by atoms with van der Waals surface area (Å²) < 4.78 is 0. The van der Waals surface area contributed by atoms with Gasteiger partial charge >= 0.3 is 0 Å². The molecule has 29 heavy (non-hydrogen) atoms. The SMILES string of the molecule is CCC(=O)N1c2ccccc2[C@@H](N(C(=O)c2cccs2)c2ccccc2)C[C@@H]1C. The summed E-state index contributed by atoms with van der Waals surface area (Å²) in [5, 5.41) is 1.93. The van der Waals surface area contributed by atoms with Crippen LogP contribution in [0.5, 0.6) is 0 Å². The van der Waals surface area contributed by atoms with E-state index in [4.69, 9.17) is 0 Å². The van der Waals surface area contributed by atoms with E-state index in [0.29, 0.717) is 17.7 Å². The Kier molecular flexibility index (Phi) is 5.49. The summed E-state index contributed by atoms with van der Waals surface area (Å²) in [4.78, 5) is 30.7. The molecule has 0 aliphatic carbocycles. The first-order valence-electron chi connectivity index (χ1n) is 9.95. The standard InChI is InChI=1S/C24H24N2O2S/c1-3-23(27)25-17(2)16-21(19-12-7-8-13-20(19)25)26(18-10-5-4-6-11-18)24(28)22-14-9-15-29-22/h4-15,17,21H,3,16H2,1-2H3/t17-,21-/m0/s1. The monoisotopic (exact) mass is 404 g/mol. The van der Waals surface area contributed by atoms with Crippen LogP contribution < -0.4 is 9.80 Å². The lowest BCUT2D eigenvalue weighted by atomic mass is 9.89. The average Bonchev–Trinajstić information content (AvgIpc) is 3.29. The van der Waals surface area contributed by atoms with Crippen LogP contribution in [0.25, 0.3) is 0 Å². The molecule has 0 radical (unpaired) electrons. The molecule has 3 aromatic rings. The van der Waals surface area contributed by atoms with Crippen LogP contribution in [0, 0.1) is 0 Å².